The molecule has 2 amide bonds. The topological polar surface area (TPSA) is 104 Å². The fraction of sp³-hybridized carbons (Fsp3) is 0.300. The lowest BCUT2D eigenvalue weighted by molar-refractivity contribution is 0.251. The Labute approximate surface area is 130 Å². The second kappa shape index (κ2) is 6.93. The molecule has 0 saturated carbocycles. The standard InChI is InChI=1S/C10H13N5O3S3/c1-15(21(17,18)9-3-2-6-19-9)5-4-11-10(16)13-8-7-12-14-20-8/h2-3,6-7H,4-5H2,1H3,(H2,11,13,16). The maximum atomic E-state index is 12.1. The van der Waals surface area contributed by atoms with E-state index in [1.807, 2.05) is 0 Å². The smallest absolute Gasteiger partial charge is 0.319 e. The Morgan fingerprint density at radius 2 is 2.29 bits per heavy atom. The summed E-state index contributed by atoms with van der Waals surface area (Å²) in [5.74, 6) is 0. The van der Waals surface area contributed by atoms with Gasteiger partial charge in [0.25, 0.3) is 10.0 Å². The number of likely N-dealkylation sites (N-methyl/N-ethyl adjacent to an activating group) is 1. The summed E-state index contributed by atoms with van der Waals surface area (Å²) in [5.41, 5.74) is 0. The summed E-state index contributed by atoms with van der Waals surface area (Å²) in [5, 5.41) is 10.9. The molecule has 0 fully saturated rings. The molecule has 0 aliphatic rings. The van der Waals surface area contributed by atoms with Gasteiger partial charge in [0, 0.05) is 31.7 Å². The molecule has 2 rings (SSSR count). The molecule has 2 aromatic heterocycles. The Bertz CT molecular complexity index is 669. The first-order valence-electron chi connectivity index (χ1n) is 5.82. The van der Waals surface area contributed by atoms with Gasteiger partial charge in [-0.15, -0.1) is 16.4 Å². The quantitative estimate of drug-likeness (QED) is 0.812. The van der Waals surface area contributed by atoms with Crippen molar-refractivity contribution in [1.29, 1.82) is 0 Å². The maximum Gasteiger partial charge on any atom is 0.319 e. The molecule has 11 heteroatoms. The predicted octanol–water partition coefficient (Wildman–Crippen LogP) is 1.04. The number of nitrogens with zero attached hydrogens (tertiary/aromatic N) is 3. The van der Waals surface area contributed by atoms with Crippen LogP contribution < -0.4 is 10.6 Å². The van der Waals surface area contributed by atoms with E-state index in [2.05, 4.69) is 20.2 Å². The number of thiophene rings is 1. The van der Waals surface area contributed by atoms with Gasteiger partial charge in [0.1, 0.15) is 9.21 Å². The molecule has 0 atom stereocenters. The largest absolute Gasteiger partial charge is 0.337 e. The molecular formula is C10H13N5O3S3. The summed E-state index contributed by atoms with van der Waals surface area (Å²) >= 11 is 2.21. The Morgan fingerprint density at radius 1 is 1.48 bits per heavy atom. The Balaban J connectivity index is 1.79. The normalized spacial score (nSPS) is 11.5. The highest BCUT2D eigenvalue weighted by atomic mass is 32.2. The molecule has 2 aromatic rings. The summed E-state index contributed by atoms with van der Waals surface area (Å²) in [7, 11) is -2.01. The third kappa shape index (κ3) is 4.20. The molecule has 8 nitrogen and oxygen atoms in total. The number of hydrogen-bond donors (Lipinski definition) is 2. The number of amides is 2. The first-order chi connectivity index (χ1) is 10.00. The third-order valence-corrected chi connectivity index (χ3v) is 6.28. The molecule has 0 aromatic carbocycles. The van der Waals surface area contributed by atoms with E-state index >= 15 is 0 Å². The van der Waals surface area contributed by atoms with Crippen LogP contribution in [0.2, 0.25) is 0 Å². The minimum Gasteiger partial charge on any atom is -0.337 e. The molecule has 0 saturated heterocycles. The first-order valence-corrected chi connectivity index (χ1v) is 8.91. The third-order valence-electron chi connectivity index (χ3n) is 2.47. The van der Waals surface area contributed by atoms with Crippen molar-refractivity contribution in [1.82, 2.24) is 19.2 Å². The van der Waals surface area contributed by atoms with Gasteiger partial charge in [-0.1, -0.05) is 10.6 Å². The zero-order chi connectivity index (χ0) is 15.3. The van der Waals surface area contributed by atoms with E-state index in [0.717, 1.165) is 22.9 Å². The van der Waals surface area contributed by atoms with Crippen LogP contribution in [0.4, 0.5) is 9.80 Å². The molecule has 0 unspecified atom stereocenters. The van der Waals surface area contributed by atoms with Gasteiger partial charge in [0.05, 0.1) is 6.20 Å². The van der Waals surface area contributed by atoms with E-state index in [9.17, 15) is 13.2 Å². The SMILES string of the molecule is CN(CCNC(=O)Nc1cnns1)S(=O)(=O)c1cccs1. The lowest BCUT2D eigenvalue weighted by Gasteiger charge is -2.16. The van der Waals surface area contributed by atoms with Crippen LogP contribution in [0.15, 0.2) is 27.9 Å². The van der Waals surface area contributed by atoms with Crippen LogP contribution >= 0.6 is 22.9 Å². The van der Waals surface area contributed by atoms with Crippen LogP contribution in [0.3, 0.4) is 0 Å². The van der Waals surface area contributed by atoms with Gasteiger partial charge in [-0.3, -0.25) is 5.32 Å². The van der Waals surface area contributed by atoms with E-state index in [-0.39, 0.29) is 17.3 Å². The summed E-state index contributed by atoms with van der Waals surface area (Å²) < 4.78 is 29.3. The molecule has 0 radical (unpaired) electrons. The Hall–Kier alpha value is -1.56. The maximum absolute atomic E-state index is 12.1. The van der Waals surface area contributed by atoms with Gasteiger partial charge in [0.15, 0.2) is 0 Å². The zero-order valence-corrected chi connectivity index (χ0v) is 13.5. The molecule has 0 aliphatic carbocycles. The molecule has 2 N–H and O–H groups in total. The van der Waals surface area contributed by atoms with Crippen molar-refractivity contribution in [3.63, 3.8) is 0 Å². The van der Waals surface area contributed by atoms with Gasteiger partial charge < -0.3 is 5.32 Å². The van der Waals surface area contributed by atoms with Crippen LogP contribution in [0.5, 0.6) is 0 Å². The number of urea groups is 1. The van der Waals surface area contributed by atoms with E-state index in [0.29, 0.717) is 5.00 Å². The highest BCUT2D eigenvalue weighted by molar-refractivity contribution is 7.91. The highest BCUT2D eigenvalue weighted by Crippen LogP contribution is 2.19. The fourth-order valence-corrected chi connectivity index (χ4v) is 4.18. The van der Waals surface area contributed by atoms with Gasteiger partial charge in [-0.25, -0.2) is 13.2 Å². The minimum atomic E-state index is -3.48. The second-order valence-corrected chi connectivity index (χ2v) is 7.93. The molecular weight excluding hydrogens is 334 g/mol. The average Bonchev–Trinajstić information content (AvgIpc) is 3.11. The number of hydrogen-bond acceptors (Lipinski definition) is 7. The summed E-state index contributed by atoms with van der Waals surface area (Å²) in [6.45, 7) is 0.369. The highest BCUT2D eigenvalue weighted by Gasteiger charge is 2.21. The fourth-order valence-electron chi connectivity index (χ4n) is 1.39. The first kappa shape index (κ1) is 15.8. The van der Waals surface area contributed by atoms with Gasteiger partial charge in [0.2, 0.25) is 0 Å². The van der Waals surface area contributed by atoms with E-state index in [1.54, 1.807) is 17.5 Å². The molecule has 21 heavy (non-hydrogen) atoms. The van der Waals surface area contributed by atoms with Crippen molar-refractivity contribution in [2.24, 2.45) is 0 Å². The lowest BCUT2D eigenvalue weighted by atomic mass is 10.6. The predicted molar refractivity (Wildman–Crippen MR) is 81.1 cm³/mol. The van der Waals surface area contributed by atoms with Crippen molar-refractivity contribution >= 4 is 43.9 Å². The number of carbonyl (C=O) groups excluding carboxylic acids is 1. The summed E-state index contributed by atoms with van der Waals surface area (Å²) in [4.78, 5) is 11.5. The Kier molecular flexibility index (Phi) is 5.22. The van der Waals surface area contributed by atoms with Crippen LogP contribution in [-0.2, 0) is 10.0 Å². The molecule has 0 spiro atoms. The van der Waals surface area contributed by atoms with Crippen molar-refractivity contribution in [2.45, 2.75) is 4.21 Å². The van der Waals surface area contributed by atoms with E-state index < -0.39 is 16.1 Å². The van der Waals surface area contributed by atoms with Gasteiger partial charge in [-0.05, 0) is 11.4 Å². The number of anilines is 1. The van der Waals surface area contributed by atoms with Crippen molar-refractivity contribution in [3.8, 4) is 0 Å². The van der Waals surface area contributed by atoms with Crippen molar-refractivity contribution in [3.05, 3.63) is 23.7 Å². The molecule has 0 aliphatic heterocycles. The molecule has 114 valence electrons. The number of sulfonamides is 1. The van der Waals surface area contributed by atoms with E-state index in [1.165, 1.54) is 17.5 Å². The van der Waals surface area contributed by atoms with Crippen LogP contribution in [0, 0.1) is 0 Å². The average molecular weight is 347 g/mol. The molecule has 0 bridgehead atoms. The molecule has 2 heterocycles. The summed E-state index contributed by atoms with van der Waals surface area (Å²) in [6.07, 6.45) is 1.43. The Morgan fingerprint density at radius 3 is 2.90 bits per heavy atom. The zero-order valence-electron chi connectivity index (χ0n) is 11.0. The second-order valence-electron chi connectivity index (χ2n) is 3.92. The number of rotatable bonds is 6. The monoisotopic (exact) mass is 347 g/mol. The number of carbonyl (C=O) groups is 1. The van der Waals surface area contributed by atoms with Crippen molar-refractivity contribution < 1.29 is 13.2 Å². The van der Waals surface area contributed by atoms with Crippen LogP contribution in [0.1, 0.15) is 0 Å². The minimum absolute atomic E-state index is 0.175. The van der Waals surface area contributed by atoms with Gasteiger partial charge >= 0.3 is 6.03 Å². The van der Waals surface area contributed by atoms with Crippen LogP contribution in [0.25, 0.3) is 0 Å². The number of aromatic nitrogens is 2. The summed E-state index contributed by atoms with van der Waals surface area (Å²) in [6, 6.07) is 2.80. The van der Waals surface area contributed by atoms with Crippen LogP contribution in [-0.4, -0.2) is 48.5 Å². The van der Waals surface area contributed by atoms with E-state index in [4.69, 9.17) is 0 Å². The number of nitrogens with one attached hydrogen (secondary N) is 2. The van der Waals surface area contributed by atoms with Crippen molar-refractivity contribution in [2.75, 3.05) is 25.5 Å². The lowest BCUT2D eigenvalue weighted by Crippen LogP contribution is -2.37. The van der Waals surface area contributed by atoms with Gasteiger partial charge in [-0.2, -0.15) is 4.31 Å².